The molecule has 0 aromatic carbocycles. The molecule has 26 unspecified atom stereocenters. The number of carboxylic acids is 3. The van der Waals surface area contributed by atoms with Crippen molar-refractivity contribution >= 4 is 41.9 Å². The molecule has 5 fully saturated rings. The van der Waals surface area contributed by atoms with Crippen LogP contribution in [0.1, 0.15) is 27.2 Å². The third-order valence-corrected chi connectivity index (χ3v) is 13.2. The first-order chi connectivity index (χ1) is 37.1. The second-order valence-electron chi connectivity index (χ2n) is 18.8. The maximum absolute atomic E-state index is 12.8. The average Bonchev–Trinajstić information content (AvgIpc) is 3.48. The van der Waals surface area contributed by atoms with Crippen LogP contribution in [-0.4, -0.2) is 302 Å². The summed E-state index contributed by atoms with van der Waals surface area (Å²) in [6.07, 6.45) is -55.1. The van der Waals surface area contributed by atoms with E-state index in [1.54, 1.807) is 0 Å². The summed E-state index contributed by atoms with van der Waals surface area (Å²) in [5.74, 6) is -9.03. The number of methoxy groups -OCH3 is 1. The van der Waals surface area contributed by atoms with Gasteiger partial charge in [-0.1, -0.05) is 0 Å². The fraction of sp³-hybridized carbons (Fsp3) is 0.837. The van der Waals surface area contributed by atoms with Crippen LogP contribution in [0, 0.1) is 0 Å². The highest BCUT2D eigenvalue weighted by atomic mass is 16.8. The van der Waals surface area contributed by atoms with E-state index in [1.165, 1.54) is 0 Å². The largest absolute Gasteiger partial charge is 0.547 e. The first-order valence-electron chi connectivity index (χ1n) is 24.1. The van der Waals surface area contributed by atoms with Crippen molar-refractivity contribution in [3.05, 3.63) is 0 Å². The van der Waals surface area contributed by atoms with Gasteiger partial charge in [0.1, 0.15) is 140 Å². The summed E-state index contributed by atoms with van der Waals surface area (Å²) in [6, 6.07) is -5.76. The van der Waals surface area contributed by atoms with E-state index in [2.05, 4.69) is 16.0 Å². The molecule has 5 aliphatic heterocycles. The van der Waals surface area contributed by atoms with Crippen molar-refractivity contribution in [2.24, 2.45) is 0 Å². The summed E-state index contributed by atoms with van der Waals surface area (Å²) in [6.45, 7) is -0.663. The molecular formula is C43H64N3O33-3. The minimum atomic E-state index is -2.62. The molecule has 0 radical (unpaired) electrons. The van der Waals surface area contributed by atoms with Crippen LogP contribution >= 0.6 is 0 Å². The SMILES string of the molecule is COC1C(C(=O)[O-])OC(OC2C(O)C(CO)O[C@H](OC3C(C(=O)[O-])OC(OC4C(O)C(CO)O[C@H](OC5CC(C(=O)[O-])OC(OC(C(C=O)NC(C)=O)C(O)C(O)CO)C5O)C4NC(C)=O)C(O)C3O)C2NC(C)=O)C(O)C1O. The highest BCUT2D eigenvalue weighted by molar-refractivity contribution is 5.77. The van der Waals surface area contributed by atoms with Crippen molar-refractivity contribution in [1.82, 2.24) is 16.0 Å². The van der Waals surface area contributed by atoms with Crippen LogP contribution in [0.15, 0.2) is 0 Å². The van der Waals surface area contributed by atoms with Crippen molar-refractivity contribution in [1.29, 1.82) is 0 Å². The molecule has 3 amide bonds. The molecule has 5 rings (SSSR count). The van der Waals surface area contributed by atoms with E-state index in [1.807, 2.05) is 0 Å². The topological polar surface area (TPSA) is 569 Å². The molecule has 452 valence electrons. The molecular weight excluding hydrogens is 1090 g/mol. The first kappa shape index (κ1) is 65.4. The Labute approximate surface area is 445 Å². The van der Waals surface area contributed by atoms with Crippen LogP contribution < -0.4 is 31.3 Å². The van der Waals surface area contributed by atoms with Crippen LogP contribution in [0.25, 0.3) is 0 Å². The number of aliphatic carboxylic acids is 3. The van der Waals surface area contributed by atoms with Crippen molar-refractivity contribution in [2.75, 3.05) is 26.9 Å². The van der Waals surface area contributed by atoms with Crippen LogP contribution in [0.2, 0.25) is 0 Å². The first-order valence-corrected chi connectivity index (χ1v) is 24.1. The molecule has 0 saturated carbocycles. The fourth-order valence-corrected chi connectivity index (χ4v) is 9.31. The lowest BCUT2D eigenvalue weighted by atomic mass is 9.93. The van der Waals surface area contributed by atoms with Crippen molar-refractivity contribution in [3.63, 3.8) is 0 Å². The van der Waals surface area contributed by atoms with Gasteiger partial charge in [0, 0.05) is 34.3 Å². The van der Waals surface area contributed by atoms with E-state index in [4.69, 9.17) is 52.1 Å². The summed E-state index contributed by atoms with van der Waals surface area (Å²) < 4.78 is 61.1. The lowest BCUT2D eigenvalue weighted by molar-refractivity contribution is -0.389. The lowest BCUT2D eigenvalue weighted by Gasteiger charge is -2.51. The number of hydrogen-bond acceptors (Lipinski definition) is 33. The summed E-state index contributed by atoms with van der Waals surface area (Å²) >= 11 is 0. The zero-order chi connectivity index (χ0) is 59.1. The predicted octanol–water partition coefficient (Wildman–Crippen LogP) is -15.9. The molecule has 28 atom stereocenters. The van der Waals surface area contributed by atoms with Gasteiger partial charge in [0.05, 0.1) is 43.8 Å². The molecule has 15 N–H and O–H groups in total. The maximum atomic E-state index is 12.8. The van der Waals surface area contributed by atoms with E-state index in [0.717, 1.165) is 27.9 Å². The molecule has 36 nitrogen and oxygen atoms in total. The van der Waals surface area contributed by atoms with Gasteiger partial charge in [0.15, 0.2) is 31.5 Å². The van der Waals surface area contributed by atoms with Gasteiger partial charge in [-0.15, -0.1) is 0 Å². The van der Waals surface area contributed by atoms with Gasteiger partial charge in [-0.2, -0.15) is 0 Å². The molecule has 36 heteroatoms. The van der Waals surface area contributed by atoms with Gasteiger partial charge in [-0.05, 0) is 0 Å². The van der Waals surface area contributed by atoms with Crippen molar-refractivity contribution < 1.29 is 162 Å². The Balaban J connectivity index is 1.44. The normalized spacial score (nSPS) is 41.4. The second-order valence-corrected chi connectivity index (χ2v) is 18.8. The quantitative estimate of drug-likeness (QED) is 0.0399. The number of aldehydes is 1. The summed E-state index contributed by atoms with van der Waals surface area (Å²) in [5, 5.41) is 174. The van der Waals surface area contributed by atoms with E-state index in [9.17, 15) is 110 Å². The number of rotatable bonds is 24. The number of aliphatic hydroxyl groups excluding tert-OH is 12. The zero-order valence-corrected chi connectivity index (χ0v) is 42.0. The number of ether oxygens (including phenoxy) is 11. The predicted molar refractivity (Wildman–Crippen MR) is 232 cm³/mol. The Kier molecular flexibility index (Phi) is 23.6. The highest BCUT2D eigenvalue weighted by Gasteiger charge is 2.58. The van der Waals surface area contributed by atoms with E-state index in [0.29, 0.717) is 0 Å². The smallest absolute Gasteiger partial charge is 0.217 e. The van der Waals surface area contributed by atoms with Gasteiger partial charge in [-0.25, -0.2) is 0 Å². The van der Waals surface area contributed by atoms with E-state index in [-0.39, 0.29) is 6.29 Å². The van der Waals surface area contributed by atoms with Crippen molar-refractivity contribution in [3.8, 4) is 0 Å². The van der Waals surface area contributed by atoms with E-state index >= 15 is 0 Å². The Morgan fingerprint density at radius 2 is 1.03 bits per heavy atom. The number of amides is 3. The Hall–Kier alpha value is -4.43. The summed E-state index contributed by atoms with van der Waals surface area (Å²) in [5.41, 5.74) is 0. The fourth-order valence-electron chi connectivity index (χ4n) is 9.31. The number of hydrogen-bond donors (Lipinski definition) is 15. The van der Waals surface area contributed by atoms with Gasteiger partial charge in [0.25, 0.3) is 0 Å². The van der Waals surface area contributed by atoms with Gasteiger partial charge in [0.2, 0.25) is 17.7 Å². The standard InChI is InChI=1S/C43H67N3O33/c1-10(51)44-13(6-47)29(21(55)14(54)7-48)74-41-24(58)15(5-16(71-41)36(63)64)70-39-19(45-11(2)52)30(22(56)17(8-49)72-39)75-43-28(62)26(60)33(35(79-43)38(67)68)77-40-20(46-12(3)53)31(23(57)18(9-50)73-40)76-42-27(61)25(59)32(69-4)34(78-42)37(65)66/h6,13-35,39-43,48-50,54-62H,5,7-9H2,1-4H3,(H,44,51)(H,45,52)(H,46,53)(H,63,64)(H,65,66)(H,67,68)/p-3/t13?,14?,15?,16?,17?,18?,19?,20?,21?,22?,23?,24?,25?,26?,27?,28?,29?,30?,31?,32?,33?,34?,35?,39-,40+,41?,42?,43?/m0/s1. The Morgan fingerprint density at radius 1 is 0.570 bits per heavy atom. The summed E-state index contributed by atoms with van der Waals surface area (Å²) in [7, 11) is 0.967. The number of carbonyl (C=O) groups is 7. The monoisotopic (exact) mass is 1150 g/mol. The van der Waals surface area contributed by atoms with Gasteiger partial charge < -0.3 is 164 Å². The van der Waals surface area contributed by atoms with Gasteiger partial charge in [-0.3, -0.25) is 14.4 Å². The van der Waals surface area contributed by atoms with Gasteiger partial charge >= 0.3 is 0 Å². The molecule has 0 aromatic heterocycles. The third-order valence-electron chi connectivity index (χ3n) is 13.2. The Morgan fingerprint density at radius 3 is 1.43 bits per heavy atom. The lowest BCUT2D eigenvalue weighted by Crippen LogP contribution is -2.71. The number of aliphatic hydroxyl groups is 12. The van der Waals surface area contributed by atoms with Crippen LogP contribution in [0.5, 0.6) is 0 Å². The minimum absolute atomic E-state index is 0.0215. The molecule has 5 saturated heterocycles. The maximum Gasteiger partial charge on any atom is 0.217 e. The third kappa shape index (κ3) is 15.2. The zero-order valence-electron chi connectivity index (χ0n) is 42.0. The number of nitrogens with one attached hydrogen (secondary N) is 3. The van der Waals surface area contributed by atoms with Crippen LogP contribution in [0.4, 0.5) is 0 Å². The summed E-state index contributed by atoms with van der Waals surface area (Å²) in [4.78, 5) is 86.3. The van der Waals surface area contributed by atoms with Crippen LogP contribution in [-0.2, 0) is 85.7 Å². The number of carbonyl (C=O) groups excluding carboxylic acids is 7. The highest BCUT2D eigenvalue weighted by Crippen LogP contribution is 2.36. The average molecular weight is 1150 g/mol. The molecule has 5 heterocycles. The minimum Gasteiger partial charge on any atom is -0.547 e. The molecule has 79 heavy (non-hydrogen) atoms. The molecule has 0 bridgehead atoms. The molecule has 0 aliphatic carbocycles. The number of carboxylic acid groups (broad SMARTS) is 3. The molecule has 0 aromatic rings. The molecule has 5 aliphatic rings. The molecule has 0 spiro atoms. The second kappa shape index (κ2) is 28.5. The van der Waals surface area contributed by atoms with Crippen LogP contribution in [0.3, 0.4) is 0 Å². The van der Waals surface area contributed by atoms with Crippen molar-refractivity contribution in [2.45, 2.75) is 199 Å². The Bertz CT molecular complexity index is 2080. The van der Waals surface area contributed by atoms with E-state index < -0.39 is 234 Å².